The molecule has 0 saturated carbocycles. The second-order valence-electron chi connectivity index (χ2n) is 3.97. The van der Waals surface area contributed by atoms with Gasteiger partial charge in [0.05, 0.1) is 11.5 Å². The van der Waals surface area contributed by atoms with Gasteiger partial charge in [-0.3, -0.25) is 10.2 Å². The van der Waals surface area contributed by atoms with Gasteiger partial charge in [0.1, 0.15) is 0 Å². The van der Waals surface area contributed by atoms with Crippen molar-refractivity contribution in [3.8, 4) is 0 Å². The Hall–Kier alpha value is -0.910. The zero-order valence-corrected chi connectivity index (χ0v) is 10.5. The van der Waals surface area contributed by atoms with Gasteiger partial charge in [-0.1, -0.05) is 13.8 Å². The Morgan fingerprint density at radius 2 is 2.31 bits per heavy atom. The molecule has 1 heterocycles. The summed E-state index contributed by atoms with van der Waals surface area (Å²) in [6, 6.07) is 3.65. The molecule has 1 aromatic rings. The van der Waals surface area contributed by atoms with Crippen LogP contribution in [0.3, 0.4) is 0 Å². The lowest BCUT2D eigenvalue weighted by Crippen LogP contribution is -2.29. The number of nitrogen functional groups attached to an aromatic ring is 1. The van der Waals surface area contributed by atoms with Crippen LogP contribution in [0.2, 0.25) is 0 Å². The van der Waals surface area contributed by atoms with Gasteiger partial charge in [-0.2, -0.15) is 0 Å². The van der Waals surface area contributed by atoms with E-state index in [0.29, 0.717) is 17.4 Å². The first kappa shape index (κ1) is 13.2. The van der Waals surface area contributed by atoms with Crippen molar-refractivity contribution in [2.24, 2.45) is 11.8 Å². The Bertz CT molecular complexity index is 336. The van der Waals surface area contributed by atoms with Gasteiger partial charge in [0.15, 0.2) is 0 Å². The number of ether oxygens (including phenoxy) is 1. The smallest absolute Gasteiger partial charge is 0.275 e. The van der Waals surface area contributed by atoms with E-state index in [9.17, 15) is 4.79 Å². The highest BCUT2D eigenvalue weighted by molar-refractivity contribution is 7.14. The number of carbonyl (C=O) groups is 1. The topological polar surface area (TPSA) is 64.3 Å². The highest BCUT2D eigenvalue weighted by atomic mass is 32.1. The van der Waals surface area contributed by atoms with Crippen molar-refractivity contribution in [2.75, 3.05) is 6.61 Å². The van der Waals surface area contributed by atoms with Crippen molar-refractivity contribution in [1.82, 2.24) is 5.43 Å². The lowest BCUT2D eigenvalue weighted by Gasteiger charge is -2.04. The molecule has 1 amide bonds. The fourth-order valence-corrected chi connectivity index (χ4v) is 1.99. The molecule has 5 heteroatoms. The normalized spacial score (nSPS) is 10.8. The summed E-state index contributed by atoms with van der Waals surface area (Å²) in [5.41, 5.74) is 2.11. The number of nitrogens with one attached hydrogen (secondary N) is 1. The van der Waals surface area contributed by atoms with Crippen LogP contribution >= 0.6 is 11.3 Å². The van der Waals surface area contributed by atoms with Gasteiger partial charge in [0.25, 0.3) is 5.91 Å². The SMILES string of the molecule is CC(C)CCOCc1ccc(C(=O)NN)s1. The van der Waals surface area contributed by atoms with E-state index in [1.165, 1.54) is 11.3 Å². The van der Waals surface area contributed by atoms with Gasteiger partial charge in [-0.25, -0.2) is 5.84 Å². The van der Waals surface area contributed by atoms with Crippen LogP contribution in [0.5, 0.6) is 0 Å². The summed E-state index contributed by atoms with van der Waals surface area (Å²) < 4.78 is 5.50. The summed E-state index contributed by atoms with van der Waals surface area (Å²) >= 11 is 1.41. The molecule has 0 aliphatic carbocycles. The van der Waals surface area contributed by atoms with Crippen LogP contribution in [0, 0.1) is 5.92 Å². The molecule has 0 saturated heterocycles. The van der Waals surface area contributed by atoms with Crippen LogP contribution in [0.15, 0.2) is 12.1 Å². The summed E-state index contributed by atoms with van der Waals surface area (Å²) in [4.78, 5) is 12.8. The van der Waals surface area contributed by atoms with Gasteiger partial charge >= 0.3 is 0 Å². The number of carbonyl (C=O) groups excluding carboxylic acids is 1. The number of rotatable bonds is 6. The van der Waals surface area contributed by atoms with E-state index in [0.717, 1.165) is 17.9 Å². The molecule has 3 N–H and O–H groups in total. The van der Waals surface area contributed by atoms with E-state index in [1.807, 2.05) is 6.07 Å². The molecule has 16 heavy (non-hydrogen) atoms. The Morgan fingerprint density at radius 1 is 1.56 bits per heavy atom. The first-order valence-corrected chi connectivity index (χ1v) is 6.12. The molecule has 1 rings (SSSR count). The average molecular weight is 242 g/mol. The molecule has 0 aliphatic heterocycles. The number of hydrogen-bond donors (Lipinski definition) is 2. The van der Waals surface area contributed by atoms with E-state index in [2.05, 4.69) is 19.3 Å². The molecular formula is C11H18N2O2S. The van der Waals surface area contributed by atoms with Crippen molar-refractivity contribution < 1.29 is 9.53 Å². The first-order chi connectivity index (χ1) is 7.63. The van der Waals surface area contributed by atoms with E-state index in [1.54, 1.807) is 6.07 Å². The first-order valence-electron chi connectivity index (χ1n) is 5.31. The monoisotopic (exact) mass is 242 g/mol. The van der Waals surface area contributed by atoms with Gasteiger partial charge < -0.3 is 4.74 Å². The van der Waals surface area contributed by atoms with Gasteiger partial charge in [-0.05, 0) is 24.5 Å². The van der Waals surface area contributed by atoms with Gasteiger partial charge in [0.2, 0.25) is 0 Å². The minimum Gasteiger partial charge on any atom is -0.376 e. The quantitative estimate of drug-likeness (QED) is 0.347. The second kappa shape index (κ2) is 6.62. The average Bonchev–Trinajstić information content (AvgIpc) is 2.71. The molecule has 0 bridgehead atoms. The van der Waals surface area contributed by atoms with Crippen molar-refractivity contribution >= 4 is 17.2 Å². The van der Waals surface area contributed by atoms with Crippen LogP contribution in [-0.4, -0.2) is 12.5 Å². The number of thiophene rings is 1. The van der Waals surface area contributed by atoms with Crippen molar-refractivity contribution in [3.63, 3.8) is 0 Å². The Kier molecular flexibility index (Phi) is 5.45. The predicted molar refractivity (Wildman–Crippen MR) is 65.1 cm³/mol. The zero-order chi connectivity index (χ0) is 12.0. The third kappa shape index (κ3) is 4.30. The molecule has 0 fully saturated rings. The number of hydrogen-bond acceptors (Lipinski definition) is 4. The molecular weight excluding hydrogens is 224 g/mol. The molecule has 90 valence electrons. The fourth-order valence-electron chi connectivity index (χ4n) is 1.14. The molecule has 0 radical (unpaired) electrons. The minimum absolute atomic E-state index is 0.251. The standard InChI is InChI=1S/C11H18N2O2S/c1-8(2)5-6-15-7-9-3-4-10(16-9)11(14)13-12/h3-4,8H,5-7,12H2,1-2H3,(H,13,14). The predicted octanol–water partition coefficient (Wildman–Crippen LogP) is 1.91. The van der Waals surface area contributed by atoms with Gasteiger partial charge in [0, 0.05) is 11.5 Å². The maximum atomic E-state index is 11.2. The summed E-state index contributed by atoms with van der Waals surface area (Å²) in [7, 11) is 0. The summed E-state index contributed by atoms with van der Waals surface area (Å²) in [5.74, 6) is 5.45. The Balaban J connectivity index is 2.32. The van der Waals surface area contributed by atoms with Crippen LogP contribution in [0.4, 0.5) is 0 Å². The van der Waals surface area contributed by atoms with Crippen LogP contribution in [0.25, 0.3) is 0 Å². The number of amides is 1. The van der Waals surface area contributed by atoms with Crippen LogP contribution in [-0.2, 0) is 11.3 Å². The lowest BCUT2D eigenvalue weighted by molar-refractivity contribution is 0.0957. The molecule has 0 aliphatic rings. The Morgan fingerprint density at radius 3 is 2.94 bits per heavy atom. The lowest BCUT2D eigenvalue weighted by atomic mass is 10.1. The Labute approximate surface area is 99.8 Å². The maximum Gasteiger partial charge on any atom is 0.275 e. The highest BCUT2D eigenvalue weighted by Gasteiger charge is 2.07. The molecule has 4 nitrogen and oxygen atoms in total. The van der Waals surface area contributed by atoms with E-state index >= 15 is 0 Å². The van der Waals surface area contributed by atoms with Crippen LogP contribution < -0.4 is 11.3 Å². The number of nitrogens with two attached hydrogens (primary N) is 1. The van der Waals surface area contributed by atoms with Crippen molar-refractivity contribution in [1.29, 1.82) is 0 Å². The largest absolute Gasteiger partial charge is 0.376 e. The molecule has 0 aromatic carbocycles. The molecule has 0 spiro atoms. The van der Waals surface area contributed by atoms with Gasteiger partial charge in [-0.15, -0.1) is 11.3 Å². The highest BCUT2D eigenvalue weighted by Crippen LogP contribution is 2.17. The van der Waals surface area contributed by atoms with Crippen molar-refractivity contribution in [2.45, 2.75) is 26.9 Å². The summed E-state index contributed by atoms with van der Waals surface area (Å²) in [6.45, 7) is 5.65. The van der Waals surface area contributed by atoms with Crippen molar-refractivity contribution in [3.05, 3.63) is 21.9 Å². The minimum atomic E-state index is -0.251. The molecule has 0 unspecified atom stereocenters. The third-order valence-corrected chi connectivity index (χ3v) is 3.16. The van der Waals surface area contributed by atoms with Crippen LogP contribution in [0.1, 0.15) is 34.8 Å². The zero-order valence-electron chi connectivity index (χ0n) is 9.66. The maximum absolute atomic E-state index is 11.2. The van der Waals surface area contributed by atoms with E-state index in [4.69, 9.17) is 10.6 Å². The van der Waals surface area contributed by atoms with E-state index < -0.39 is 0 Å². The molecule has 0 atom stereocenters. The fraction of sp³-hybridized carbons (Fsp3) is 0.545. The third-order valence-electron chi connectivity index (χ3n) is 2.10. The number of hydrazine groups is 1. The summed E-state index contributed by atoms with van der Waals surface area (Å²) in [6.07, 6.45) is 1.06. The summed E-state index contributed by atoms with van der Waals surface area (Å²) in [5, 5.41) is 0. The molecule has 1 aromatic heterocycles. The van der Waals surface area contributed by atoms with E-state index in [-0.39, 0.29) is 5.91 Å². The second-order valence-corrected chi connectivity index (χ2v) is 5.14.